The fraction of sp³-hybridized carbons (Fsp3) is 0.500. The van der Waals surface area contributed by atoms with Crippen molar-refractivity contribution >= 4 is 22.7 Å². The Kier molecular flexibility index (Phi) is 4.90. The topological polar surface area (TPSA) is 99.6 Å². The van der Waals surface area contributed by atoms with Gasteiger partial charge in [-0.2, -0.15) is 0 Å². The lowest BCUT2D eigenvalue weighted by molar-refractivity contribution is -0.119. The van der Waals surface area contributed by atoms with Crippen molar-refractivity contribution in [3.63, 3.8) is 0 Å². The van der Waals surface area contributed by atoms with Crippen LogP contribution in [0.1, 0.15) is 18.7 Å². The number of anilines is 1. The van der Waals surface area contributed by atoms with Gasteiger partial charge in [-0.1, -0.05) is 0 Å². The molecule has 1 amide bonds. The van der Waals surface area contributed by atoms with Gasteiger partial charge in [-0.25, -0.2) is 4.98 Å². The van der Waals surface area contributed by atoms with Gasteiger partial charge < -0.3 is 24.9 Å². The molecule has 3 N–H and O–H groups in total. The van der Waals surface area contributed by atoms with Crippen molar-refractivity contribution in [3.05, 3.63) is 24.1 Å². The van der Waals surface area contributed by atoms with Crippen LogP contribution in [-0.2, 0) is 20.9 Å². The number of nitrogens with two attached hydrogens (primary N) is 1. The molecule has 3 rings (SSSR count). The van der Waals surface area contributed by atoms with Gasteiger partial charge in [0.15, 0.2) is 5.58 Å². The lowest BCUT2D eigenvalue weighted by Gasteiger charge is -2.26. The van der Waals surface area contributed by atoms with Gasteiger partial charge in [-0.05, 0) is 37.0 Å². The van der Waals surface area contributed by atoms with E-state index in [9.17, 15) is 4.79 Å². The molecule has 124 valence electrons. The van der Waals surface area contributed by atoms with Crippen LogP contribution in [0, 0.1) is 5.92 Å². The molecule has 23 heavy (non-hydrogen) atoms. The van der Waals surface area contributed by atoms with Crippen molar-refractivity contribution in [1.82, 2.24) is 4.98 Å². The molecule has 1 aliphatic heterocycles. The van der Waals surface area contributed by atoms with Gasteiger partial charge in [0.25, 0.3) is 0 Å². The summed E-state index contributed by atoms with van der Waals surface area (Å²) in [5, 5.41) is 2.85. The first-order valence-corrected chi connectivity index (χ1v) is 7.70. The van der Waals surface area contributed by atoms with Crippen LogP contribution in [0.3, 0.4) is 0 Å². The second kappa shape index (κ2) is 7.08. The summed E-state index contributed by atoms with van der Waals surface area (Å²) in [4.78, 5) is 16.6. The minimum Gasteiger partial charge on any atom is -0.438 e. The van der Waals surface area contributed by atoms with Crippen LogP contribution in [-0.4, -0.2) is 37.3 Å². The van der Waals surface area contributed by atoms with Gasteiger partial charge in [0.1, 0.15) is 12.1 Å². The summed E-state index contributed by atoms with van der Waals surface area (Å²) in [7, 11) is 1.58. The van der Waals surface area contributed by atoms with Crippen molar-refractivity contribution in [1.29, 1.82) is 0 Å². The van der Waals surface area contributed by atoms with Crippen LogP contribution >= 0.6 is 0 Å². The maximum atomic E-state index is 12.3. The van der Waals surface area contributed by atoms with Gasteiger partial charge in [0.2, 0.25) is 11.8 Å². The largest absolute Gasteiger partial charge is 0.438 e. The number of nitrogens with one attached hydrogen (secondary N) is 1. The number of oxazole rings is 1. The summed E-state index contributed by atoms with van der Waals surface area (Å²) in [6, 6.07) is 4.79. The van der Waals surface area contributed by atoms with E-state index in [0.717, 1.165) is 12.8 Å². The average Bonchev–Trinajstić information content (AvgIpc) is 2.97. The number of ether oxygens (including phenoxy) is 2. The van der Waals surface area contributed by atoms with Gasteiger partial charge in [0, 0.05) is 26.0 Å². The molecule has 2 aromatic rings. The molecule has 0 spiro atoms. The first-order valence-electron chi connectivity index (χ1n) is 7.70. The lowest BCUT2D eigenvalue weighted by atomic mass is 9.92. The zero-order valence-electron chi connectivity index (χ0n) is 13.1. The van der Waals surface area contributed by atoms with Crippen molar-refractivity contribution in [2.45, 2.75) is 25.5 Å². The van der Waals surface area contributed by atoms with E-state index < -0.39 is 6.04 Å². The van der Waals surface area contributed by atoms with Gasteiger partial charge in [0.05, 0.1) is 6.04 Å². The standard InChI is InChI=1S/C16H21N3O4/c1-21-9-14-19-12-8-11(2-3-13(12)23-14)18-16(20)15(17)10-4-6-22-7-5-10/h2-3,8,10,15H,4-7,9,17H2,1H3,(H,18,20). The molecule has 7 heteroatoms. The molecule has 1 saturated heterocycles. The Labute approximate surface area is 134 Å². The van der Waals surface area contributed by atoms with Crippen molar-refractivity contribution in [3.8, 4) is 0 Å². The molecular weight excluding hydrogens is 298 g/mol. The molecule has 7 nitrogen and oxygen atoms in total. The fourth-order valence-corrected chi connectivity index (χ4v) is 2.75. The lowest BCUT2D eigenvalue weighted by Crippen LogP contribution is -2.43. The monoisotopic (exact) mass is 319 g/mol. The van der Waals surface area contributed by atoms with E-state index in [4.69, 9.17) is 19.6 Å². The minimum atomic E-state index is -0.532. The Morgan fingerprint density at radius 1 is 1.48 bits per heavy atom. The Morgan fingerprint density at radius 2 is 2.26 bits per heavy atom. The second-order valence-electron chi connectivity index (χ2n) is 5.69. The van der Waals surface area contributed by atoms with E-state index >= 15 is 0 Å². The molecule has 2 heterocycles. The molecular formula is C16H21N3O4. The minimum absolute atomic E-state index is 0.160. The summed E-state index contributed by atoms with van der Waals surface area (Å²) in [5.41, 5.74) is 8.06. The number of hydrogen-bond donors (Lipinski definition) is 2. The number of carbonyl (C=O) groups excluding carboxylic acids is 1. The number of hydrogen-bond acceptors (Lipinski definition) is 6. The van der Waals surface area contributed by atoms with Crippen molar-refractivity contribution < 1.29 is 18.7 Å². The summed E-state index contributed by atoms with van der Waals surface area (Å²) in [6.07, 6.45) is 1.63. The molecule has 0 radical (unpaired) electrons. The molecule has 1 aliphatic rings. The first-order chi connectivity index (χ1) is 11.2. The van der Waals surface area contributed by atoms with E-state index in [1.807, 2.05) is 0 Å². The van der Waals surface area contributed by atoms with E-state index in [1.165, 1.54) is 0 Å². The predicted octanol–water partition coefficient (Wildman–Crippen LogP) is 1.67. The van der Waals surface area contributed by atoms with Gasteiger partial charge in [-0.3, -0.25) is 4.79 Å². The second-order valence-corrected chi connectivity index (χ2v) is 5.69. The third-order valence-electron chi connectivity index (χ3n) is 4.04. The molecule has 1 atom stereocenters. The SMILES string of the molecule is COCc1nc2cc(NC(=O)C(N)C3CCOCC3)ccc2o1. The zero-order valence-corrected chi connectivity index (χ0v) is 13.1. The van der Waals surface area contributed by atoms with Crippen LogP contribution < -0.4 is 11.1 Å². The fourth-order valence-electron chi connectivity index (χ4n) is 2.75. The maximum Gasteiger partial charge on any atom is 0.241 e. The number of methoxy groups -OCH3 is 1. The predicted molar refractivity (Wildman–Crippen MR) is 84.9 cm³/mol. The third-order valence-corrected chi connectivity index (χ3v) is 4.04. The van der Waals surface area contributed by atoms with Crippen LogP contribution in [0.5, 0.6) is 0 Å². The third kappa shape index (κ3) is 3.69. The van der Waals surface area contributed by atoms with Crippen LogP contribution in [0.2, 0.25) is 0 Å². The van der Waals surface area contributed by atoms with Crippen LogP contribution in [0.15, 0.2) is 22.6 Å². The Balaban J connectivity index is 1.68. The highest BCUT2D eigenvalue weighted by Crippen LogP contribution is 2.22. The van der Waals surface area contributed by atoms with E-state index in [0.29, 0.717) is 42.5 Å². The van der Waals surface area contributed by atoms with E-state index in [2.05, 4.69) is 10.3 Å². The highest BCUT2D eigenvalue weighted by molar-refractivity contribution is 5.96. The normalized spacial score (nSPS) is 17.3. The smallest absolute Gasteiger partial charge is 0.241 e. The molecule has 1 fully saturated rings. The maximum absolute atomic E-state index is 12.3. The number of aromatic nitrogens is 1. The Hall–Kier alpha value is -1.96. The number of carbonyl (C=O) groups is 1. The molecule has 1 unspecified atom stereocenters. The van der Waals surface area contributed by atoms with Crippen molar-refractivity contribution in [2.24, 2.45) is 11.7 Å². The molecule has 1 aromatic heterocycles. The Bertz CT molecular complexity index is 679. The molecule has 0 aliphatic carbocycles. The summed E-state index contributed by atoms with van der Waals surface area (Å²) >= 11 is 0. The molecule has 0 saturated carbocycles. The number of rotatable bonds is 5. The number of fused-ring (bicyclic) bond motifs is 1. The zero-order chi connectivity index (χ0) is 16.2. The number of benzene rings is 1. The quantitative estimate of drug-likeness (QED) is 0.869. The summed E-state index contributed by atoms with van der Waals surface area (Å²) in [5.74, 6) is 0.481. The summed E-state index contributed by atoms with van der Waals surface area (Å²) in [6.45, 7) is 1.64. The average molecular weight is 319 g/mol. The summed E-state index contributed by atoms with van der Waals surface area (Å²) < 4.78 is 15.8. The molecule has 1 aromatic carbocycles. The van der Waals surface area contributed by atoms with E-state index in [-0.39, 0.29) is 11.8 Å². The van der Waals surface area contributed by atoms with Gasteiger partial charge in [-0.15, -0.1) is 0 Å². The highest BCUT2D eigenvalue weighted by Gasteiger charge is 2.26. The van der Waals surface area contributed by atoms with Crippen molar-refractivity contribution in [2.75, 3.05) is 25.6 Å². The molecule has 0 bridgehead atoms. The number of nitrogens with zero attached hydrogens (tertiary/aromatic N) is 1. The highest BCUT2D eigenvalue weighted by atomic mass is 16.5. The van der Waals surface area contributed by atoms with Gasteiger partial charge >= 0.3 is 0 Å². The van der Waals surface area contributed by atoms with Crippen LogP contribution in [0.25, 0.3) is 11.1 Å². The number of amides is 1. The van der Waals surface area contributed by atoms with E-state index in [1.54, 1.807) is 25.3 Å². The van der Waals surface area contributed by atoms with Crippen LogP contribution in [0.4, 0.5) is 5.69 Å². The first kappa shape index (κ1) is 15.9. The Morgan fingerprint density at radius 3 is 3.00 bits per heavy atom.